The minimum absolute atomic E-state index is 0.526. The summed E-state index contributed by atoms with van der Waals surface area (Å²) in [6.45, 7) is 6.32. The van der Waals surface area contributed by atoms with Crippen LogP contribution in [0.1, 0.15) is 22.9 Å². The Morgan fingerprint density at radius 1 is 1.22 bits per heavy atom. The van der Waals surface area contributed by atoms with Gasteiger partial charge in [0.05, 0.1) is 18.7 Å². The van der Waals surface area contributed by atoms with Crippen molar-refractivity contribution in [1.82, 2.24) is 30.4 Å². The molecule has 0 spiro atoms. The molecule has 23 heavy (non-hydrogen) atoms. The van der Waals surface area contributed by atoms with Crippen molar-refractivity contribution >= 4 is 11.8 Å². The summed E-state index contributed by atoms with van der Waals surface area (Å²) in [5.41, 5.74) is 2.40. The average Bonchev–Trinajstić information content (AvgIpc) is 3.17. The van der Waals surface area contributed by atoms with Crippen LogP contribution in [0.3, 0.4) is 0 Å². The van der Waals surface area contributed by atoms with Crippen LogP contribution in [0.25, 0.3) is 0 Å². The fourth-order valence-electron chi connectivity index (χ4n) is 2.05. The first kappa shape index (κ1) is 15.4. The monoisotopic (exact) mass is 328 g/mol. The molecule has 2 heterocycles. The molecule has 0 fully saturated rings. The Labute approximate surface area is 137 Å². The summed E-state index contributed by atoms with van der Waals surface area (Å²) in [7, 11) is 0. The first-order valence-corrected chi connectivity index (χ1v) is 8.10. The van der Waals surface area contributed by atoms with Crippen molar-refractivity contribution in [2.75, 3.05) is 0 Å². The summed E-state index contributed by atoms with van der Waals surface area (Å²) in [5.74, 6) is 1.70. The minimum Gasteiger partial charge on any atom is -0.424 e. The zero-order valence-corrected chi connectivity index (χ0v) is 13.5. The van der Waals surface area contributed by atoms with E-state index < -0.39 is 0 Å². The fourth-order valence-corrected chi connectivity index (χ4v) is 2.78. The quantitative estimate of drug-likeness (QED) is 0.486. The van der Waals surface area contributed by atoms with Crippen LogP contribution in [0, 0.1) is 6.92 Å². The molecule has 2 aromatic heterocycles. The van der Waals surface area contributed by atoms with Crippen LogP contribution < -0.4 is 0 Å². The summed E-state index contributed by atoms with van der Waals surface area (Å²) in [6.07, 6.45) is 2.38. The van der Waals surface area contributed by atoms with Crippen molar-refractivity contribution in [1.29, 1.82) is 0 Å². The Morgan fingerprint density at radius 3 is 2.87 bits per heavy atom. The van der Waals surface area contributed by atoms with Gasteiger partial charge in [0.1, 0.15) is 0 Å². The highest BCUT2D eigenvalue weighted by atomic mass is 32.2. The van der Waals surface area contributed by atoms with Gasteiger partial charge in [-0.15, -0.1) is 21.9 Å². The lowest BCUT2D eigenvalue weighted by Gasteiger charge is -2.01. The second kappa shape index (κ2) is 7.19. The third-order valence-corrected chi connectivity index (χ3v) is 4.18. The van der Waals surface area contributed by atoms with E-state index in [1.807, 2.05) is 12.1 Å². The number of hydrogen-bond acceptors (Lipinski definition) is 7. The number of tetrazole rings is 1. The van der Waals surface area contributed by atoms with Crippen LogP contribution in [0.2, 0.25) is 0 Å². The number of rotatable bonds is 7. The van der Waals surface area contributed by atoms with Crippen molar-refractivity contribution in [2.45, 2.75) is 30.8 Å². The summed E-state index contributed by atoms with van der Waals surface area (Å²) in [4.78, 5) is 0. The molecular weight excluding hydrogens is 312 g/mol. The van der Waals surface area contributed by atoms with Gasteiger partial charge in [-0.2, -0.15) is 0 Å². The van der Waals surface area contributed by atoms with Crippen molar-refractivity contribution in [2.24, 2.45) is 0 Å². The molecule has 0 saturated carbocycles. The predicted octanol–water partition coefficient (Wildman–Crippen LogP) is 2.43. The van der Waals surface area contributed by atoms with Crippen molar-refractivity contribution in [3.05, 3.63) is 59.8 Å². The molecule has 0 saturated heterocycles. The van der Waals surface area contributed by atoms with Gasteiger partial charge in [0, 0.05) is 0 Å². The maximum atomic E-state index is 5.70. The van der Waals surface area contributed by atoms with Gasteiger partial charge in [-0.05, 0) is 28.5 Å². The molecule has 0 N–H and O–H groups in total. The van der Waals surface area contributed by atoms with Crippen molar-refractivity contribution < 1.29 is 4.42 Å². The zero-order valence-electron chi connectivity index (χ0n) is 12.7. The molecule has 0 amide bonds. The first-order chi connectivity index (χ1) is 11.3. The van der Waals surface area contributed by atoms with Gasteiger partial charge in [0.15, 0.2) is 0 Å². The van der Waals surface area contributed by atoms with E-state index in [4.69, 9.17) is 4.42 Å². The number of thioether (sulfide) groups is 1. The smallest absolute Gasteiger partial charge is 0.226 e. The first-order valence-electron chi connectivity index (χ1n) is 7.12. The molecule has 0 radical (unpaired) electrons. The van der Waals surface area contributed by atoms with E-state index in [-0.39, 0.29) is 0 Å². The molecular formula is C15H16N6OS. The highest BCUT2D eigenvalue weighted by Crippen LogP contribution is 2.20. The zero-order chi connectivity index (χ0) is 16.1. The van der Waals surface area contributed by atoms with Crippen LogP contribution in [0.15, 0.2) is 46.5 Å². The second-order valence-electron chi connectivity index (χ2n) is 4.91. The van der Waals surface area contributed by atoms with Crippen LogP contribution in [0.5, 0.6) is 0 Å². The molecule has 3 rings (SSSR count). The van der Waals surface area contributed by atoms with E-state index in [1.165, 1.54) is 22.9 Å². The molecule has 1 aromatic carbocycles. The number of hydrogen-bond donors (Lipinski definition) is 0. The van der Waals surface area contributed by atoms with Crippen LogP contribution in [0.4, 0.5) is 0 Å². The van der Waals surface area contributed by atoms with Crippen molar-refractivity contribution in [3.63, 3.8) is 0 Å². The number of benzene rings is 1. The lowest BCUT2D eigenvalue weighted by Crippen LogP contribution is -1.99. The Hall–Kier alpha value is -2.48. The average molecular weight is 328 g/mol. The van der Waals surface area contributed by atoms with Gasteiger partial charge in [-0.1, -0.05) is 42.1 Å². The van der Waals surface area contributed by atoms with Gasteiger partial charge >= 0.3 is 0 Å². The minimum atomic E-state index is 0.526. The van der Waals surface area contributed by atoms with E-state index >= 15 is 0 Å². The molecule has 0 atom stereocenters. The number of allylic oxidation sites excluding steroid dienone is 1. The normalized spacial score (nSPS) is 10.8. The molecule has 7 nitrogen and oxygen atoms in total. The Morgan fingerprint density at radius 2 is 2.04 bits per heavy atom. The predicted molar refractivity (Wildman–Crippen MR) is 85.9 cm³/mol. The summed E-state index contributed by atoms with van der Waals surface area (Å²) < 4.78 is 7.37. The maximum Gasteiger partial charge on any atom is 0.226 e. The summed E-state index contributed by atoms with van der Waals surface area (Å²) in [5, 5.41) is 20.4. The Balaban J connectivity index is 1.62. The van der Waals surface area contributed by atoms with Crippen molar-refractivity contribution in [3.8, 4) is 0 Å². The maximum absolute atomic E-state index is 5.70. The Kier molecular flexibility index (Phi) is 4.82. The molecule has 8 heteroatoms. The van der Waals surface area contributed by atoms with E-state index in [0.717, 1.165) is 0 Å². The standard InChI is InChI=1S/C15H16N6OS/c1-3-8-21-15(18-19-20-21)23-10-14-17-16-13(22-14)9-12-7-5-4-6-11(12)2/h3-7H,1,8-10H2,2H3. The lowest BCUT2D eigenvalue weighted by molar-refractivity contribution is 0.473. The third-order valence-electron chi connectivity index (χ3n) is 3.24. The second-order valence-corrected chi connectivity index (χ2v) is 5.86. The largest absolute Gasteiger partial charge is 0.424 e. The molecule has 0 aliphatic rings. The molecule has 118 valence electrons. The number of aromatic nitrogens is 6. The molecule has 0 unspecified atom stereocenters. The molecule has 0 aliphatic heterocycles. The van der Waals surface area contributed by atoms with Crippen LogP contribution in [-0.2, 0) is 18.7 Å². The third kappa shape index (κ3) is 3.84. The lowest BCUT2D eigenvalue weighted by atomic mass is 10.1. The van der Waals surface area contributed by atoms with Gasteiger partial charge in [0.25, 0.3) is 0 Å². The van der Waals surface area contributed by atoms with Gasteiger partial charge < -0.3 is 4.42 Å². The highest BCUT2D eigenvalue weighted by molar-refractivity contribution is 7.98. The molecule has 3 aromatic rings. The van der Waals surface area contributed by atoms with E-state index in [9.17, 15) is 0 Å². The SMILES string of the molecule is C=CCn1nnnc1SCc1nnc(Cc2ccccc2C)o1. The van der Waals surface area contributed by atoms with Crippen LogP contribution >= 0.6 is 11.8 Å². The molecule has 0 bridgehead atoms. The summed E-state index contributed by atoms with van der Waals surface area (Å²) in [6, 6.07) is 8.16. The van der Waals surface area contributed by atoms with E-state index in [0.29, 0.717) is 35.7 Å². The fraction of sp³-hybridized carbons (Fsp3) is 0.267. The van der Waals surface area contributed by atoms with Gasteiger partial charge in [-0.3, -0.25) is 0 Å². The van der Waals surface area contributed by atoms with Gasteiger partial charge in [0.2, 0.25) is 16.9 Å². The number of aryl methyl sites for hydroxylation is 1. The van der Waals surface area contributed by atoms with Crippen LogP contribution in [-0.4, -0.2) is 30.4 Å². The topological polar surface area (TPSA) is 82.5 Å². The van der Waals surface area contributed by atoms with E-state index in [2.05, 4.69) is 51.4 Å². The van der Waals surface area contributed by atoms with Gasteiger partial charge in [-0.25, -0.2) is 4.68 Å². The summed E-state index contributed by atoms with van der Waals surface area (Å²) >= 11 is 1.45. The number of nitrogens with zero attached hydrogens (tertiary/aromatic N) is 6. The highest BCUT2D eigenvalue weighted by Gasteiger charge is 2.11. The Bertz CT molecular complexity index is 797. The van der Waals surface area contributed by atoms with E-state index in [1.54, 1.807) is 10.8 Å². The molecule has 0 aliphatic carbocycles.